The fourth-order valence-electron chi connectivity index (χ4n) is 1.43. The van der Waals surface area contributed by atoms with Gasteiger partial charge in [0.15, 0.2) is 0 Å². The third-order valence-electron chi connectivity index (χ3n) is 2.87. The molecule has 92 valence electrons. The van der Waals surface area contributed by atoms with Gasteiger partial charge in [0.2, 0.25) is 0 Å². The van der Waals surface area contributed by atoms with E-state index in [1.54, 1.807) is 7.11 Å². The molecule has 0 fully saturated rings. The second-order valence-corrected chi connectivity index (χ2v) is 4.47. The summed E-state index contributed by atoms with van der Waals surface area (Å²) in [6, 6.07) is 0.533. The Hall–Kier alpha value is -0.120. The Labute approximate surface area is 94.5 Å². The first kappa shape index (κ1) is 14.9. The van der Waals surface area contributed by atoms with Gasteiger partial charge in [0.1, 0.15) is 0 Å². The van der Waals surface area contributed by atoms with Gasteiger partial charge in [-0.05, 0) is 47.1 Å². The second-order valence-electron chi connectivity index (χ2n) is 4.47. The summed E-state index contributed by atoms with van der Waals surface area (Å²) in [6.07, 6.45) is 3.27. The smallest absolute Gasteiger partial charge is 0.0623 e. The molecule has 0 heterocycles. The van der Waals surface area contributed by atoms with E-state index >= 15 is 0 Å². The Kier molecular flexibility index (Phi) is 8.02. The molecule has 0 aromatic rings. The molecule has 0 amide bonds. The lowest BCUT2D eigenvalue weighted by Gasteiger charge is -2.25. The lowest BCUT2D eigenvalue weighted by atomic mass is 9.97. The average Bonchev–Trinajstić information content (AvgIpc) is 2.23. The molecular weight excluding hydrogens is 190 g/mol. The zero-order valence-corrected chi connectivity index (χ0v) is 10.9. The van der Waals surface area contributed by atoms with Crippen molar-refractivity contribution >= 4 is 0 Å². The first-order valence-electron chi connectivity index (χ1n) is 5.86. The van der Waals surface area contributed by atoms with Gasteiger partial charge in [0.25, 0.3) is 0 Å². The highest BCUT2D eigenvalue weighted by molar-refractivity contribution is 4.73. The van der Waals surface area contributed by atoms with Gasteiger partial charge in [0.05, 0.1) is 5.60 Å². The molecule has 0 bridgehead atoms. The van der Waals surface area contributed by atoms with Crippen LogP contribution >= 0.6 is 0 Å². The first-order chi connectivity index (χ1) is 7.05. The molecule has 0 aliphatic heterocycles. The Morgan fingerprint density at radius 2 is 1.93 bits per heavy atom. The van der Waals surface area contributed by atoms with E-state index in [0.717, 1.165) is 32.5 Å². The van der Waals surface area contributed by atoms with Gasteiger partial charge in [-0.3, -0.25) is 0 Å². The van der Waals surface area contributed by atoms with Crippen molar-refractivity contribution in [2.75, 3.05) is 27.4 Å². The minimum absolute atomic E-state index is 0.0132. The van der Waals surface area contributed by atoms with Crippen molar-refractivity contribution in [3.8, 4) is 0 Å². The molecule has 0 aliphatic carbocycles. The summed E-state index contributed by atoms with van der Waals surface area (Å²) in [6.45, 7) is 7.93. The number of methoxy groups -OCH3 is 1. The molecule has 0 spiro atoms. The molecule has 0 saturated carbocycles. The van der Waals surface area contributed by atoms with Gasteiger partial charge in [0, 0.05) is 26.4 Å². The summed E-state index contributed by atoms with van der Waals surface area (Å²) in [5.41, 5.74) is -0.0132. The van der Waals surface area contributed by atoms with E-state index in [2.05, 4.69) is 19.2 Å². The molecule has 3 nitrogen and oxygen atoms in total. The van der Waals surface area contributed by atoms with E-state index in [1.165, 1.54) is 0 Å². The molecule has 0 saturated heterocycles. The van der Waals surface area contributed by atoms with Gasteiger partial charge in [-0.25, -0.2) is 0 Å². The summed E-state index contributed by atoms with van der Waals surface area (Å²) < 4.78 is 10.8. The summed E-state index contributed by atoms with van der Waals surface area (Å²) in [4.78, 5) is 0. The van der Waals surface area contributed by atoms with Crippen molar-refractivity contribution in [2.24, 2.45) is 0 Å². The third kappa shape index (κ3) is 7.77. The van der Waals surface area contributed by atoms with Crippen LogP contribution in [0.4, 0.5) is 0 Å². The van der Waals surface area contributed by atoms with Gasteiger partial charge >= 0.3 is 0 Å². The van der Waals surface area contributed by atoms with Crippen molar-refractivity contribution < 1.29 is 9.47 Å². The third-order valence-corrected chi connectivity index (χ3v) is 2.87. The quantitative estimate of drug-likeness (QED) is 0.601. The minimum Gasteiger partial charge on any atom is -0.382 e. The molecule has 1 N–H and O–H groups in total. The second kappa shape index (κ2) is 8.08. The van der Waals surface area contributed by atoms with Gasteiger partial charge in [-0.1, -0.05) is 0 Å². The van der Waals surface area contributed by atoms with Crippen LogP contribution in [0, 0.1) is 0 Å². The molecule has 1 atom stereocenters. The minimum atomic E-state index is -0.0132. The highest BCUT2D eigenvalue weighted by Crippen LogP contribution is 2.17. The fourth-order valence-corrected chi connectivity index (χ4v) is 1.43. The highest BCUT2D eigenvalue weighted by Gasteiger charge is 2.18. The molecule has 0 aliphatic rings. The Bertz CT molecular complexity index is 149. The maximum Gasteiger partial charge on any atom is 0.0623 e. The van der Waals surface area contributed by atoms with Crippen LogP contribution in [0.2, 0.25) is 0 Å². The molecule has 1 unspecified atom stereocenters. The number of nitrogens with one attached hydrogen (secondary N) is 1. The fraction of sp³-hybridized carbons (Fsp3) is 1.00. The molecule has 0 rings (SSSR count). The van der Waals surface area contributed by atoms with Crippen molar-refractivity contribution in [3.05, 3.63) is 0 Å². The largest absolute Gasteiger partial charge is 0.382 e. The summed E-state index contributed by atoms with van der Waals surface area (Å²) in [5, 5.41) is 3.32. The lowest BCUT2D eigenvalue weighted by molar-refractivity contribution is 0.0109. The average molecular weight is 217 g/mol. The van der Waals surface area contributed by atoms with Crippen LogP contribution in [0.3, 0.4) is 0 Å². The predicted octanol–water partition coefficient (Wildman–Crippen LogP) is 2.21. The molecule has 0 aromatic heterocycles. The van der Waals surface area contributed by atoms with E-state index in [1.807, 2.05) is 14.0 Å². The summed E-state index contributed by atoms with van der Waals surface area (Å²) in [7, 11) is 3.78. The predicted molar refractivity (Wildman–Crippen MR) is 64.3 cm³/mol. The summed E-state index contributed by atoms with van der Waals surface area (Å²) in [5.74, 6) is 0. The van der Waals surface area contributed by atoms with Crippen LogP contribution in [0.25, 0.3) is 0 Å². The van der Waals surface area contributed by atoms with Gasteiger partial charge < -0.3 is 14.8 Å². The molecule has 0 aromatic carbocycles. The first-order valence-corrected chi connectivity index (χ1v) is 5.86. The van der Waals surface area contributed by atoms with Crippen LogP contribution in [-0.2, 0) is 9.47 Å². The van der Waals surface area contributed by atoms with Crippen LogP contribution in [0.1, 0.15) is 40.0 Å². The van der Waals surface area contributed by atoms with Crippen LogP contribution in [0.15, 0.2) is 0 Å². The maximum atomic E-state index is 5.40. The zero-order valence-electron chi connectivity index (χ0n) is 10.9. The SMILES string of the molecule is CCOCCC(CCC(C)(C)OC)NC. The summed E-state index contributed by atoms with van der Waals surface area (Å²) >= 11 is 0. The topological polar surface area (TPSA) is 30.5 Å². The van der Waals surface area contributed by atoms with Gasteiger partial charge in [-0.15, -0.1) is 0 Å². The Balaban J connectivity index is 3.69. The van der Waals surface area contributed by atoms with Crippen LogP contribution in [0.5, 0.6) is 0 Å². The molecular formula is C12H27NO2. The van der Waals surface area contributed by atoms with Crippen molar-refractivity contribution in [3.63, 3.8) is 0 Å². The normalized spacial score (nSPS) is 14.2. The highest BCUT2D eigenvalue weighted by atomic mass is 16.5. The monoisotopic (exact) mass is 217 g/mol. The van der Waals surface area contributed by atoms with E-state index < -0.39 is 0 Å². The van der Waals surface area contributed by atoms with Crippen molar-refractivity contribution in [1.29, 1.82) is 0 Å². The molecule has 0 radical (unpaired) electrons. The van der Waals surface area contributed by atoms with Gasteiger partial charge in [-0.2, -0.15) is 0 Å². The molecule has 15 heavy (non-hydrogen) atoms. The van der Waals surface area contributed by atoms with Crippen LogP contribution in [-0.4, -0.2) is 39.0 Å². The molecule has 3 heteroatoms. The lowest BCUT2D eigenvalue weighted by Crippen LogP contribution is -2.31. The standard InChI is InChI=1S/C12H27NO2/c1-6-15-10-8-11(13-4)7-9-12(2,3)14-5/h11,13H,6-10H2,1-5H3. The number of hydrogen-bond donors (Lipinski definition) is 1. The van der Waals surface area contributed by atoms with E-state index in [-0.39, 0.29) is 5.60 Å². The van der Waals surface area contributed by atoms with Crippen LogP contribution < -0.4 is 5.32 Å². The van der Waals surface area contributed by atoms with E-state index in [4.69, 9.17) is 9.47 Å². The van der Waals surface area contributed by atoms with E-state index in [0.29, 0.717) is 6.04 Å². The van der Waals surface area contributed by atoms with Crippen molar-refractivity contribution in [2.45, 2.75) is 51.7 Å². The van der Waals surface area contributed by atoms with E-state index in [9.17, 15) is 0 Å². The zero-order chi connectivity index (χ0) is 11.7. The number of ether oxygens (including phenoxy) is 2. The number of rotatable bonds is 9. The Morgan fingerprint density at radius 1 is 1.27 bits per heavy atom. The Morgan fingerprint density at radius 3 is 2.40 bits per heavy atom. The number of hydrogen-bond acceptors (Lipinski definition) is 3. The maximum absolute atomic E-state index is 5.40. The van der Waals surface area contributed by atoms with Crippen molar-refractivity contribution in [1.82, 2.24) is 5.32 Å².